The summed E-state index contributed by atoms with van der Waals surface area (Å²) >= 11 is 0.00860. The van der Waals surface area contributed by atoms with Crippen LogP contribution >= 0.6 is 11.8 Å². The van der Waals surface area contributed by atoms with Crippen molar-refractivity contribution >= 4 is 11.8 Å². The molecule has 15 heavy (non-hydrogen) atoms. The number of hydrogen-bond acceptors (Lipinski definition) is 3. The number of rotatable bonds is 7. The second kappa shape index (κ2) is 7.35. The normalized spacial score (nSPS) is 12.8. The molecule has 0 aliphatic heterocycles. The van der Waals surface area contributed by atoms with Crippen molar-refractivity contribution in [3.8, 4) is 0 Å². The second-order valence-corrected chi connectivity index (χ2v) is 4.66. The van der Waals surface area contributed by atoms with Crippen molar-refractivity contribution in [2.24, 2.45) is 0 Å². The highest BCUT2D eigenvalue weighted by Gasteiger charge is 2.27. The molecule has 6 heteroatoms. The van der Waals surface area contributed by atoms with Gasteiger partial charge in [0.1, 0.15) is 0 Å². The highest BCUT2D eigenvalue weighted by molar-refractivity contribution is 8.00. The average molecular weight is 245 g/mol. The first-order valence-corrected chi connectivity index (χ1v) is 5.91. The van der Waals surface area contributed by atoms with E-state index in [9.17, 15) is 13.2 Å². The van der Waals surface area contributed by atoms with Crippen molar-refractivity contribution in [2.45, 2.75) is 31.8 Å². The third-order valence-corrected chi connectivity index (χ3v) is 2.69. The Morgan fingerprint density at radius 3 is 2.27 bits per heavy atom. The summed E-state index contributed by atoms with van der Waals surface area (Å²) in [7, 11) is 0. The number of hydrogen-bond donors (Lipinski definition) is 1. The molecule has 0 saturated heterocycles. The molecule has 92 valence electrons. The Morgan fingerprint density at radius 2 is 1.87 bits per heavy atom. The molecular formula is C9H18F3NOS. The average Bonchev–Trinajstić information content (AvgIpc) is 2.08. The lowest BCUT2D eigenvalue weighted by Crippen LogP contribution is -2.34. The lowest BCUT2D eigenvalue weighted by molar-refractivity contribution is -0.0329. The van der Waals surface area contributed by atoms with Gasteiger partial charge in [0.05, 0.1) is 0 Å². The number of halogens is 3. The summed E-state index contributed by atoms with van der Waals surface area (Å²) in [6, 6.07) is 0.213. The van der Waals surface area contributed by atoms with E-state index in [1.807, 2.05) is 18.7 Å². The predicted molar refractivity (Wildman–Crippen MR) is 56.9 cm³/mol. The number of alkyl halides is 3. The molecule has 0 amide bonds. The van der Waals surface area contributed by atoms with E-state index in [1.165, 1.54) is 0 Å². The van der Waals surface area contributed by atoms with E-state index in [4.69, 9.17) is 5.11 Å². The summed E-state index contributed by atoms with van der Waals surface area (Å²) in [5.74, 6) is 0.0487. The van der Waals surface area contributed by atoms with Crippen molar-refractivity contribution in [1.82, 2.24) is 4.90 Å². The highest BCUT2D eigenvalue weighted by atomic mass is 32.2. The van der Waals surface area contributed by atoms with Crippen LogP contribution in [-0.4, -0.2) is 47.0 Å². The third-order valence-electron chi connectivity index (χ3n) is 1.98. The highest BCUT2D eigenvalue weighted by Crippen LogP contribution is 2.29. The molecule has 0 radical (unpaired) electrons. The van der Waals surface area contributed by atoms with E-state index in [0.29, 0.717) is 19.5 Å². The molecule has 0 heterocycles. The minimum absolute atomic E-state index is 0.00860. The van der Waals surface area contributed by atoms with Crippen LogP contribution < -0.4 is 0 Å². The molecule has 2 nitrogen and oxygen atoms in total. The molecule has 0 saturated carbocycles. The van der Waals surface area contributed by atoms with Gasteiger partial charge in [-0.15, -0.1) is 0 Å². The van der Waals surface area contributed by atoms with Gasteiger partial charge in [-0.05, 0) is 32.0 Å². The monoisotopic (exact) mass is 245 g/mol. The molecule has 0 fully saturated rings. The summed E-state index contributed by atoms with van der Waals surface area (Å²) in [6.45, 7) is 5.01. The van der Waals surface area contributed by atoms with Crippen LogP contribution in [0.2, 0.25) is 0 Å². The molecular weight excluding hydrogens is 227 g/mol. The van der Waals surface area contributed by atoms with E-state index in [0.717, 1.165) is 0 Å². The van der Waals surface area contributed by atoms with Gasteiger partial charge in [-0.3, -0.25) is 0 Å². The Morgan fingerprint density at radius 1 is 1.27 bits per heavy atom. The van der Waals surface area contributed by atoms with Gasteiger partial charge in [0, 0.05) is 31.5 Å². The molecule has 0 atom stereocenters. The second-order valence-electron chi connectivity index (χ2n) is 3.50. The number of aliphatic hydroxyl groups excluding tert-OH is 1. The fraction of sp³-hybridized carbons (Fsp3) is 1.00. The fourth-order valence-corrected chi connectivity index (χ4v) is 1.74. The Bertz CT molecular complexity index is 164. The molecule has 0 unspecified atom stereocenters. The number of nitrogens with zero attached hydrogens (tertiary/aromatic N) is 1. The fourth-order valence-electron chi connectivity index (χ4n) is 1.18. The van der Waals surface area contributed by atoms with Crippen LogP contribution in [0.3, 0.4) is 0 Å². The third kappa shape index (κ3) is 9.02. The molecule has 0 rings (SSSR count). The minimum Gasteiger partial charge on any atom is -0.396 e. The smallest absolute Gasteiger partial charge is 0.396 e. The zero-order valence-electron chi connectivity index (χ0n) is 9.05. The van der Waals surface area contributed by atoms with Crippen molar-refractivity contribution in [3.63, 3.8) is 0 Å². The van der Waals surface area contributed by atoms with Crippen LogP contribution in [0, 0.1) is 0 Å². The summed E-state index contributed by atoms with van der Waals surface area (Å²) in [4.78, 5) is 1.94. The lowest BCUT2D eigenvalue weighted by Gasteiger charge is -2.26. The van der Waals surface area contributed by atoms with E-state index < -0.39 is 5.51 Å². The van der Waals surface area contributed by atoms with E-state index >= 15 is 0 Å². The van der Waals surface area contributed by atoms with Gasteiger partial charge in [-0.25, -0.2) is 0 Å². The number of thioether (sulfide) groups is 1. The molecule has 0 bridgehead atoms. The van der Waals surface area contributed by atoms with Gasteiger partial charge >= 0.3 is 5.51 Å². The van der Waals surface area contributed by atoms with E-state index in [2.05, 4.69) is 0 Å². The lowest BCUT2D eigenvalue weighted by atomic mass is 10.3. The Hall–Kier alpha value is 0.0600. The Labute approximate surface area is 92.8 Å². The summed E-state index contributed by atoms with van der Waals surface area (Å²) < 4.78 is 35.6. The Balaban J connectivity index is 3.76. The van der Waals surface area contributed by atoms with E-state index in [-0.39, 0.29) is 30.2 Å². The van der Waals surface area contributed by atoms with Crippen molar-refractivity contribution in [1.29, 1.82) is 0 Å². The van der Waals surface area contributed by atoms with Gasteiger partial charge in [-0.1, -0.05) is 0 Å². The summed E-state index contributed by atoms with van der Waals surface area (Å²) in [5, 5.41) is 8.64. The number of aliphatic hydroxyl groups is 1. The van der Waals surface area contributed by atoms with Crippen LogP contribution in [0.1, 0.15) is 20.3 Å². The van der Waals surface area contributed by atoms with Crippen LogP contribution in [0.5, 0.6) is 0 Å². The molecule has 1 N–H and O–H groups in total. The van der Waals surface area contributed by atoms with Crippen LogP contribution in [0.4, 0.5) is 13.2 Å². The zero-order chi connectivity index (χ0) is 11.9. The van der Waals surface area contributed by atoms with Crippen LogP contribution in [0.15, 0.2) is 0 Å². The maximum absolute atomic E-state index is 11.9. The predicted octanol–water partition coefficient (Wildman–Crippen LogP) is 2.33. The van der Waals surface area contributed by atoms with Gasteiger partial charge in [0.2, 0.25) is 0 Å². The van der Waals surface area contributed by atoms with Crippen molar-refractivity contribution < 1.29 is 18.3 Å². The van der Waals surface area contributed by atoms with Crippen molar-refractivity contribution in [3.05, 3.63) is 0 Å². The van der Waals surface area contributed by atoms with E-state index in [1.54, 1.807) is 0 Å². The molecule has 0 aromatic rings. The maximum atomic E-state index is 11.9. The first-order chi connectivity index (χ1) is 6.87. The summed E-state index contributed by atoms with van der Waals surface area (Å²) in [6.07, 6.45) is 0.606. The minimum atomic E-state index is -4.14. The first kappa shape index (κ1) is 15.1. The first-order valence-electron chi connectivity index (χ1n) is 4.92. The SMILES string of the molecule is CC(C)N(CCCO)CCSC(F)(F)F. The molecule has 0 aromatic carbocycles. The van der Waals surface area contributed by atoms with Crippen molar-refractivity contribution in [2.75, 3.05) is 25.4 Å². The molecule has 0 aromatic heterocycles. The largest absolute Gasteiger partial charge is 0.441 e. The molecule has 0 aliphatic carbocycles. The Kier molecular flexibility index (Phi) is 7.38. The zero-order valence-corrected chi connectivity index (χ0v) is 9.87. The van der Waals surface area contributed by atoms with Gasteiger partial charge < -0.3 is 10.0 Å². The van der Waals surface area contributed by atoms with Gasteiger partial charge in [0.15, 0.2) is 0 Å². The van der Waals surface area contributed by atoms with Crippen LogP contribution in [0.25, 0.3) is 0 Å². The van der Waals surface area contributed by atoms with Gasteiger partial charge in [0.25, 0.3) is 0 Å². The topological polar surface area (TPSA) is 23.5 Å². The molecule has 0 spiro atoms. The standard InChI is InChI=1S/C9H18F3NOS/c1-8(2)13(4-3-6-14)5-7-15-9(10,11)12/h8,14H,3-7H2,1-2H3. The van der Waals surface area contributed by atoms with Gasteiger partial charge in [-0.2, -0.15) is 13.2 Å². The quantitative estimate of drug-likeness (QED) is 0.744. The van der Waals surface area contributed by atoms with Crippen LogP contribution in [-0.2, 0) is 0 Å². The maximum Gasteiger partial charge on any atom is 0.441 e. The summed E-state index contributed by atoms with van der Waals surface area (Å²) in [5.41, 5.74) is -4.14. The molecule has 0 aliphatic rings.